The lowest BCUT2D eigenvalue weighted by atomic mass is 9.77. The topological polar surface area (TPSA) is 49.3 Å². The van der Waals surface area contributed by atoms with Gasteiger partial charge in [-0.25, -0.2) is 14.4 Å². The van der Waals surface area contributed by atoms with Gasteiger partial charge < -0.3 is 9.80 Å². The maximum atomic E-state index is 14.2. The van der Waals surface area contributed by atoms with Crippen LogP contribution in [0.4, 0.5) is 10.2 Å². The number of nitrogens with zero attached hydrogens (tertiary/aromatic N) is 4. The summed E-state index contributed by atoms with van der Waals surface area (Å²) in [6.45, 7) is 2.05. The molecular weight excluding hydrogens is 391 g/mol. The summed E-state index contributed by atoms with van der Waals surface area (Å²) < 4.78 is 14.2. The molecule has 29 heavy (non-hydrogen) atoms. The maximum absolute atomic E-state index is 14.2. The van der Waals surface area contributed by atoms with E-state index in [4.69, 9.17) is 11.6 Å². The van der Waals surface area contributed by atoms with Crippen molar-refractivity contribution in [1.29, 1.82) is 0 Å². The van der Waals surface area contributed by atoms with Crippen LogP contribution >= 0.6 is 11.6 Å². The molecule has 1 spiro atoms. The standard InChI is InChI=1S/C22H20ClFN4O/c23-15-6-7-18(24)17(12-15)21(29)27-10-3-8-22(13-27)9-11-28(22)20-16-4-1-2-5-19(16)25-14-26-20/h1-2,4-7,12,14H,3,8-11,13H2. The summed E-state index contributed by atoms with van der Waals surface area (Å²) >= 11 is 5.99. The number of aromatic nitrogens is 2. The van der Waals surface area contributed by atoms with Gasteiger partial charge in [0.1, 0.15) is 18.0 Å². The van der Waals surface area contributed by atoms with Crippen molar-refractivity contribution < 1.29 is 9.18 Å². The molecular formula is C22H20ClFN4O. The zero-order chi connectivity index (χ0) is 20.0. The highest BCUT2D eigenvalue weighted by molar-refractivity contribution is 6.31. The summed E-state index contributed by atoms with van der Waals surface area (Å²) in [6.07, 6.45) is 4.42. The average Bonchev–Trinajstić information content (AvgIpc) is 2.74. The number of likely N-dealkylation sites (tertiary alicyclic amines) is 1. The Morgan fingerprint density at radius 2 is 1.97 bits per heavy atom. The third kappa shape index (κ3) is 3.02. The molecule has 0 saturated carbocycles. The predicted octanol–water partition coefficient (Wildman–Crippen LogP) is 4.31. The van der Waals surface area contributed by atoms with Crippen molar-refractivity contribution in [2.24, 2.45) is 0 Å². The highest BCUT2D eigenvalue weighted by atomic mass is 35.5. The van der Waals surface area contributed by atoms with Crippen LogP contribution in [0.25, 0.3) is 10.9 Å². The number of carbonyl (C=O) groups is 1. The third-order valence-corrected chi connectivity index (χ3v) is 6.39. The molecule has 0 aliphatic carbocycles. The molecule has 2 aliphatic rings. The Morgan fingerprint density at radius 1 is 1.10 bits per heavy atom. The van der Waals surface area contributed by atoms with Crippen molar-refractivity contribution in [2.45, 2.75) is 24.8 Å². The lowest BCUT2D eigenvalue weighted by Gasteiger charge is -2.57. The summed E-state index contributed by atoms with van der Waals surface area (Å²) in [4.78, 5) is 26.0. The molecule has 0 bridgehead atoms. The van der Waals surface area contributed by atoms with Gasteiger partial charge in [-0.2, -0.15) is 0 Å². The van der Waals surface area contributed by atoms with Crippen LogP contribution in [-0.4, -0.2) is 45.9 Å². The van der Waals surface area contributed by atoms with E-state index in [2.05, 4.69) is 14.9 Å². The fourth-order valence-corrected chi connectivity index (χ4v) is 4.79. The van der Waals surface area contributed by atoms with Gasteiger partial charge in [-0.15, -0.1) is 0 Å². The van der Waals surface area contributed by atoms with Crippen LogP contribution < -0.4 is 4.90 Å². The van der Waals surface area contributed by atoms with Crippen molar-refractivity contribution in [3.63, 3.8) is 0 Å². The van der Waals surface area contributed by atoms with Crippen molar-refractivity contribution in [1.82, 2.24) is 14.9 Å². The van der Waals surface area contributed by atoms with Crippen LogP contribution in [0, 0.1) is 5.82 Å². The van der Waals surface area contributed by atoms with Crippen molar-refractivity contribution in [2.75, 3.05) is 24.5 Å². The van der Waals surface area contributed by atoms with Gasteiger partial charge in [0.15, 0.2) is 0 Å². The Kier molecular flexibility index (Phi) is 4.39. The number of anilines is 1. The van der Waals surface area contributed by atoms with Crippen LogP contribution in [0.5, 0.6) is 0 Å². The minimum atomic E-state index is -0.536. The second-order valence-corrected chi connectivity index (χ2v) is 8.23. The minimum absolute atomic E-state index is 0.0351. The number of piperidine rings is 1. The fraction of sp³-hybridized carbons (Fsp3) is 0.318. The molecule has 2 saturated heterocycles. The lowest BCUT2D eigenvalue weighted by Crippen LogP contribution is -2.68. The van der Waals surface area contributed by atoms with Gasteiger partial charge in [0.2, 0.25) is 0 Å². The van der Waals surface area contributed by atoms with E-state index in [9.17, 15) is 9.18 Å². The first kappa shape index (κ1) is 18.3. The molecule has 1 atom stereocenters. The van der Waals surface area contributed by atoms with Gasteiger partial charge in [-0.05, 0) is 49.6 Å². The van der Waals surface area contributed by atoms with Crippen LogP contribution in [0.2, 0.25) is 5.02 Å². The van der Waals surface area contributed by atoms with E-state index in [1.807, 2.05) is 24.3 Å². The fourth-order valence-electron chi connectivity index (χ4n) is 4.62. The first-order valence-electron chi connectivity index (χ1n) is 9.79. The predicted molar refractivity (Wildman–Crippen MR) is 111 cm³/mol. The Balaban J connectivity index is 1.45. The van der Waals surface area contributed by atoms with Crippen LogP contribution in [0.15, 0.2) is 48.8 Å². The monoisotopic (exact) mass is 410 g/mol. The van der Waals surface area contributed by atoms with Crippen molar-refractivity contribution in [3.8, 4) is 0 Å². The van der Waals surface area contributed by atoms with Gasteiger partial charge in [0, 0.05) is 30.0 Å². The van der Waals surface area contributed by atoms with Gasteiger partial charge in [0.05, 0.1) is 16.6 Å². The molecule has 1 aromatic heterocycles. The van der Waals surface area contributed by atoms with E-state index in [-0.39, 0.29) is 17.0 Å². The first-order valence-corrected chi connectivity index (χ1v) is 10.2. The summed E-state index contributed by atoms with van der Waals surface area (Å²) in [5, 5.41) is 1.37. The second kappa shape index (κ2) is 6.95. The average molecular weight is 411 g/mol. The summed E-state index contributed by atoms with van der Waals surface area (Å²) in [6, 6.07) is 12.1. The number of carbonyl (C=O) groups excluding carboxylic acids is 1. The lowest BCUT2D eigenvalue weighted by molar-refractivity contribution is 0.0558. The molecule has 2 aromatic carbocycles. The Hall–Kier alpha value is -2.73. The minimum Gasteiger partial charge on any atom is -0.348 e. The summed E-state index contributed by atoms with van der Waals surface area (Å²) in [7, 11) is 0. The van der Waals surface area contributed by atoms with E-state index < -0.39 is 5.82 Å². The van der Waals surface area contributed by atoms with Crippen molar-refractivity contribution >= 4 is 34.2 Å². The Labute approximate surface area is 173 Å². The quantitative estimate of drug-likeness (QED) is 0.631. The molecule has 7 heteroatoms. The normalized spacial score (nSPS) is 21.4. The third-order valence-electron chi connectivity index (χ3n) is 6.15. The molecule has 1 unspecified atom stereocenters. The zero-order valence-corrected chi connectivity index (χ0v) is 16.6. The van der Waals surface area contributed by atoms with E-state index in [1.54, 1.807) is 11.2 Å². The molecule has 2 aliphatic heterocycles. The molecule has 0 radical (unpaired) electrons. The van der Waals surface area contributed by atoms with Gasteiger partial charge in [0.25, 0.3) is 5.91 Å². The van der Waals surface area contributed by atoms with Crippen LogP contribution in [-0.2, 0) is 0 Å². The number of para-hydroxylation sites is 1. The van der Waals surface area contributed by atoms with Crippen LogP contribution in [0.1, 0.15) is 29.6 Å². The molecule has 2 fully saturated rings. The first-order chi connectivity index (χ1) is 14.1. The van der Waals surface area contributed by atoms with E-state index in [0.717, 1.165) is 42.5 Å². The number of benzene rings is 2. The maximum Gasteiger partial charge on any atom is 0.256 e. The number of hydrogen-bond donors (Lipinski definition) is 0. The van der Waals surface area contributed by atoms with Crippen molar-refractivity contribution in [3.05, 3.63) is 65.2 Å². The Bertz CT molecular complexity index is 1100. The largest absolute Gasteiger partial charge is 0.348 e. The number of amides is 1. The number of rotatable bonds is 2. The summed E-state index contributed by atoms with van der Waals surface area (Å²) in [5.74, 6) is 0.0693. The molecule has 148 valence electrons. The van der Waals surface area contributed by atoms with Crippen LogP contribution in [0.3, 0.4) is 0 Å². The van der Waals surface area contributed by atoms with Gasteiger partial charge >= 0.3 is 0 Å². The zero-order valence-electron chi connectivity index (χ0n) is 15.8. The van der Waals surface area contributed by atoms with Gasteiger partial charge in [-0.3, -0.25) is 4.79 Å². The molecule has 5 rings (SSSR count). The molecule has 1 amide bonds. The number of hydrogen-bond acceptors (Lipinski definition) is 4. The highest BCUT2D eigenvalue weighted by Gasteiger charge is 2.49. The Morgan fingerprint density at radius 3 is 2.79 bits per heavy atom. The van der Waals surface area contributed by atoms with Gasteiger partial charge in [-0.1, -0.05) is 23.7 Å². The second-order valence-electron chi connectivity index (χ2n) is 7.79. The SMILES string of the molecule is O=C(c1cc(Cl)ccc1F)N1CCCC2(CCN2c2ncnc3ccccc23)C1. The highest BCUT2D eigenvalue weighted by Crippen LogP contribution is 2.43. The molecule has 3 aromatic rings. The molecule has 0 N–H and O–H groups in total. The number of fused-ring (bicyclic) bond motifs is 1. The van der Waals surface area contributed by atoms with E-state index >= 15 is 0 Å². The number of halogens is 2. The molecule has 5 nitrogen and oxygen atoms in total. The smallest absolute Gasteiger partial charge is 0.256 e. The summed E-state index contributed by atoms with van der Waals surface area (Å²) in [5.41, 5.74) is 0.775. The van der Waals surface area contributed by atoms with E-state index in [0.29, 0.717) is 18.1 Å². The van der Waals surface area contributed by atoms with E-state index in [1.165, 1.54) is 18.2 Å². The molecule has 3 heterocycles.